The lowest BCUT2D eigenvalue weighted by Crippen LogP contribution is -2.04. The third-order valence-corrected chi connectivity index (χ3v) is 4.49. The Labute approximate surface area is 148 Å². The quantitative estimate of drug-likeness (QED) is 0.317. The van der Waals surface area contributed by atoms with Gasteiger partial charge in [-0.05, 0) is 19.3 Å². The highest BCUT2D eigenvalue weighted by atomic mass is 31.2. The number of hydrogen-bond acceptors (Lipinski definition) is 5. The van der Waals surface area contributed by atoms with Crippen LogP contribution in [0.4, 0.5) is 0 Å². The summed E-state index contributed by atoms with van der Waals surface area (Å²) in [6.45, 7) is 9.04. The highest BCUT2D eigenvalue weighted by molar-refractivity contribution is 7.48. The van der Waals surface area contributed by atoms with Gasteiger partial charge in [0.05, 0.1) is 19.8 Å². The van der Waals surface area contributed by atoms with Crippen LogP contribution >= 0.6 is 7.82 Å². The van der Waals surface area contributed by atoms with Crippen LogP contribution in [0.3, 0.4) is 0 Å². The lowest BCUT2D eigenvalue weighted by molar-refractivity contribution is -0.115. The van der Waals surface area contributed by atoms with E-state index in [-0.39, 0.29) is 5.91 Å². The molecule has 0 aromatic heterocycles. The van der Waals surface area contributed by atoms with Gasteiger partial charge in [0.1, 0.15) is 0 Å². The normalized spacial score (nSPS) is 11.0. The Balaban J connectivity index is 0. The minimum atomic E-state index is -3.34. The van der Waals surface area contributed by atoms with E-state index < -0.39 is 7.82 Å². The second kappa shape index (κ2) is 18.9. The van der Waals surface area contributed by atoms with Crippen molar-refractivity contribution in [3.05, 3.63) is 0 Å². The zero-order chi connectivity index (χ0) is 18.7. The summed E-state index contributed by atoms with van der Waals surface area (Å²) in [5, 5.41) is 0. The molecule has 0 saturated carbocycles. The van der Waals surface area contributed by atoms with Gasteiger partial charge in [-0.15, -0.1) is 0 Å². The summed E-state index contributed by atoms with van der Waals surface area (Å²) >= 11 is 0. The molecule has 0 saturated heterocycles. The van der Waals surface area contributed by atoms with E-state index in [1.807, 2.05) is 0 Å². The van der Waals surface area contributed by atoms with Crippen molar-refractivity contribution in [3.8, 4) is 0 Å². The average molecular weight is 367 g/mol. The van der Waals surface area contributed by atoms with Crippen LogP contribution in [-0.4, -0.2) is 25.7 Å². The third-order valence-electron chi connectivity index (χ3n) is 2.99. The van der Waals surface area contributed by atoms with Gasteiger partial charge in [-0.2, -0.15) is 0 Å². The number of rotatable bonds is 15. The second-order valence-corrected chi connectivity index (χ2v) is 7.35. The summed E-state index contributed by atoms with van der Waals surface area (Å²) in [6.07, 6.45) is 9.27. The number of nitrogens with two attached hydrogens (primary N) is 1. The SMILES string of the molecule is CC(N)=O.CCCCCOP(=O)(OCCCCC)OCCCCC. The van der Waals surface area contributed by atoms with Crippen molar-refractivity contribution in [2.45, 2.75) is 85.5 Å². The van der Waals surface area contributed by atoms with Crippen molar-refractivity contribution in [3.63, 3.8) is 0 Å². The van der Waals surface area contributed by atoms with E-state index in [0.29, 0.717) is 19.8 Å². The molecule has 24 heavy (non-hydrogen) atoms. The molecule has 146 valence electrons. The molecule has 0 aliphatic rings. The van der Waals surface area contributed by atoms with Crippen molar-refractivity contribution < 1.29 is 22.9 Å². The zero-order valence-corrected chi connectivity index (χ0v) is 16.9. The first-order chi connectivity index (χ1) is 11.4. The van der Waals surface area contributed by atoms with E-state index in [0.717, 1.165) is 57.8 Å². The van der Waals surface area contributed by atoms with Crippen molar-refractivity contribution in [1.29, 1.82) is 0 Å². The van der Waals surface area contributed by atoms with Crippen molar-refractivity contribution in [2.75, 3.05) is 19.8 Å². The maximum Gasteiger partial charge on any atom is 0.474 e. The number of phosphoric acid groups is 1. The molecule has 0 fully saturated rings. The first kappa shape index (κ1) is 25.8. The van der Waals surface area contributed by atoms with Gasteiger partial charge in [-0.3, -0.25) is 18.4 Å². The fourth-order valence-corrected chi connectivity index (χ4v) is 2.98. The van der Waals surface area contributed by atoms with Gasteiger partial charge >= 0.3 is 7.82 Å². The standard InChI is InChI=1S/C15H33O4P.C2H5NO/c1-4-7-10-13-17-20(16,18-14-11-8-5-2)19-15-12-9-6-3;1-2(3)4/h4-15H2,1-3H3;1H3,(H2,3,4). The number of phosphoric ester groups is 1. The zero-order valence-electron chi connectivity index (χ0n) is 16.1. The van der Waals surface area contributed by atoms with Gasteiger partial charge in [-0.25, -0.2) is 4.57 Å². The van der Waals surface area contributed by atoms with E-state index in [9.17, 15) is 9.36 Å². The Morgan fingerprint density at radius 1 is 0.750 bits per heavy atom. The van der Waals surface area contributed by atoms with Crippen LogP contribution in [0.15, 0.2) is 0 Å². The van der Waals surface area contributed by atoms with Gasteiger partial charge in [-0.1, -0.05) is 59.3 Å². The fourth-order valence-electron chi connectivity index (χ4n) is 1.70. The number of unbranched alkanes of at least 4 members (excludes halogenated alkanes) is 6. The molecule has 0 heterocycles. The van der Waals surface area contributed by atoms with E-state index in [4.69, 9.17) is 13.6 Å². The predicted octanol–water partition coefficient (Wildman–Crippen LogP) is 5.21. The fraction of sp³-hybridized carbons (Fsp3) is 0.941. The van der Waals surface area contributed by atoms with Crippen molar-refractivity contribution >= 4 is 13.7 Å². The summed E-state index contributed by atoms with van der Waals surface area (Å²) in [4.78, 5) is 9.22. The molecular weight excluding hydrogens is 329 g/mol. The maximum absolute atomic E-state index is 12.4. The second-order valence-electron chi connectivity index (χ2n) is 5.68. The number of carbonyl (C=O) groups excluding carboxylic acids is 1. The molecule has 0 unspecified atom stereocenters. The number of hydrogen-bond donors (Lipinski definition) is 1. The number of primary amides is 1. The summed E-state index contributed by atoms with van der Waals surface area (Å²) in [5.41, 5.74) is 4.47. The molecule has 0 aliphatic heterocycles. The Morgan fingerprint density at radius 2 is 1.00 bits per heavy atom. The van der Waals surface area contributed by atoms with Crippen LogP contribution in [-0.2, 0) is 22.9 Å². The molecule has 0 rings (SSSR count). The maximum atomic E-state index is 12.4. The lowest BCUT2D eigenvalue weighted by atomic mass is 10.3. The van der Waals surface area contributed by atoms with Gasteiger partial charge in [0.2, 0.25) is 5.91 Å². The third kappa shape index (κ3) is 21.6. The monoisotopic (exact) mass is 367 g/mol. The van der Waals surface area contributed by atoms with E-state index in [1.165, 1.54) is 6.92 Å². The Kier molecular flexibility index (Phi) is 20.3. The van der Waals surface area contributed by atoms with Crippen molar-refractivity contribution in [2.24, 2.45) is 5.73 Å². The highest BCUT2D eigenvalue weighted by Crippen LogP contribution is 2.49. The average Bonchev–Trinajstić information content (AvgIpc) is 2.52. The van der Waals surface area contributed by atoms with E-state index >= 15 is 0 Å². The van der Waals surface area contributed by atoms with Crippen LogP contribution in [0.1, 0.15) is 85.5 Å². The molecule has 0 aromatic rings. The lowest BCUT2D eigenvalue weighted by Gasteiger charge is -2.18. The van der Waals surface area contributed by atoms with Crippen LogP contribution in [0.5, 0.6) is 0 Å². The summed E-state index contributed by atoms with van der Waals surface area (Å²) in [6, 6.07) is 0. The van der Waals surface area contributed by atoms with Gasteiger partial charge in [0.15, 0.2) is 0 Å². The van der Waals surface area contributed by atoms with Crippen LogP contribution in [0.25, 0.3) is 0 Å². The number of carbonyl (C=O) groups is 1. The van der Waals surface area contributed by atoms with Crippen molar-refractivity contribution in [1.82, 2.24) is 0 Å². The predicted molar refractivity (Wildman–Crippen MR) is 98.9 cm³/mol. The molecule has 0 aromatic carbocycles. The first-order valence-corrected chi connectivity index (χ1v) is 10.7. The summed E-state index contributed by atoms with van der Waals surface area (Å²) in [7, 11) is -3.34. The summed E-state index contributed by atoms with van der Waals surface area (Å²) < 4.78 is 28.6. The number of amides is 1. The molecule has 0 radical (unpaired) electrons. The van der Waals surface area contributed by atoms with Crippen LogP contribution in [0.2, 0.25) is 0 Å². The topological polar surface area (TPSA) is 87.9 Å². The largest absolute Gasteiger partial charge is 0.474 e. The smallest absolute Gasteiger partial charge is 0.370 e. The Hall–Kier alpha value is -0.420. The molecule has 1 amide bonds. The minimum Gasteiger partial charge on any atom is -0.370 e. The molecule has 0 aliphatic carbocycles. The molecular formula is C17H38NO5P. The molecule has 6 nitrogen and oxygen atoms in total. The van der Waals surface area contributed by atoms with Gasteiger partial charge < -0.3 is 5.73 Å². The van der Waals surface area contributed by atoms with Crippen LogP contribution in [0, 0.1) is 0 Å². The molecule has 0 spiro atoms. The van der Waals surface area contributed by atoms with E-state index in [1.54, 1.807) is 0 Å². The molecule has 2 N–H and O–H groups in total. The first-order valence-electron chi connectivity index (χ1n) is 9.21. The van der Waals surface area contributed by atoms with Gasteiger partial charge in [0, 0.05) is 6.92 Å². The summed E-state index contributed by atoms with van der Waals surface area (Å²) in [5.74, 6) is -0.333. The Bertz CT molecular complexity index is 284. The van der Waals surface area contributed by atoms with Crippen LogP contribution < -0.4 is 5.73 Å². The highest BCUT2D eigenvalue weighted by Gasteiger charge is 2.25. The molecule has 7 heteroatoms. The van der Waals surface area contributed by atoms with E-state index in [2.05, 4.69) is 26.5 Å². The Morgan fingerprint density at radius 3 is 1.21 bits per heavy atom. The van der Waals surface area contributed by atoms with Gasteiger partial charge in [0.25, 0.3) is 0 Å². The minimum absolute atomic E-state index is 0.333. The molecule has 0 bridgehead atoms. The molecule has 0 atom stereocenters.